The van der Waals surface area contributed by atoms with Crippen LogP contribution in [0.4, 0.5) is 11.4 Å². The average Bonchev–Trinajstić information content (AvgIpc) is 3.06. The minimum Gasteiger partial charge on any atom is -0.478 e. The normalized spacial score (nSPS) is 17.6. The summed E-state index contributed by atoms with van der Waals surface area (Å²) in [6, 6.07) is 4.87. The molecule has 0 spiro atoms. The molecular formula is C15H18N4O3S. The van der Waals surface area contributed by atoms with Gasteiger partial charge >= 0.3 is 5.97 Å². The zero-order valence-electron chi connectivity index (χ0n) is 12.7. The highest BCUT2D eigenvalue weighted by Gasteiger charge is 2.17. The van der Waals surface area contributed by atoms with Crippen molar-refractivity contribution in [2.75, 3.05) is 24.7 Å². The molecule has 1 aromatic carbocycles. The van der Waals surface area contributed by atoms with E-state index in [1.807, 2.05) is 0 Å². The number of benzene rings is 1. The van der Waals surface area contributed by atoms with Crippen molar-refractivity contribution in [1.82, 2.24) is 5.32 Å². The molecule has 23 heavy (non-hydrogen) atoms. The van der Waals surface area contributed by atoms with Gasteiger partial charge in [0.15, 0.2) is 11.4 Å². The maximum Gasteiger partial charge on any atom is 0.337 e. The molecule has 0 aliphatic carbocycles. The molecular weight excluding hydrogens is 316 g/mol. The van der Waals surface area contributed by atoms with Gasteiger partial charge in [-0.05, 0) is 37.3 Å². The van der Waals surface area contributed by atoms with Gasteiger partial charge in [-0.25, -0.2) is 9.79 Å². The van der Waals surface area contributed by atoms with Gasteiger partial charge in [-0.15, -0.1) is 0 Å². The molecule has 7 nitrogen and oxygen atoms in total. The Kier molecular flexibility index (Phi) is 6.26. The molecule has 1 unspecified atom stereocenters. The molecule has 3 N–H and O–H groups in total. The van der Waals surface area contributed by atoms with E-state index in [2.05, 4.69) is 15.6 Å². The van der Waals surface area contributed by atoms with E-state index in [4.69, 9.17) is 10.00 Å². The van der Waals surface area contributed by atoms with Crippen molar-refractivity contribution in [2.24, 2.45) is 4.99 Å². The molecule has 1 heterocycles. The number of thioether (sulfide) groups is 1. The number of carboxylic acids is 1. The minimum absolute atomic E-state index is 0.122. The van der Waals surface area contributed by atoms with Crippen LogP contribution in [0.3, 0.4) is 0 Å². The van der Waals surface area contributed by atoms with E-state index in [0.717, 1.165) is 19.4 Å². The molecule has 2 rings (SSSR count). The summed E-state index contributed by atoms with van der Waals surface area (Å²) in [7, 11) is 0. The molecule has 0 saturated carbocycles. The third-order valence-corrected chi connectivity index (χ3v) is 3.94. The number of nitrogens with one attached hydrogen (secondary N) is 2. The van der Waals surface area contributed by atoms with E-state index < -0.39 is 5.97 Å². The van der Waals surface area contributed by atoms with Gasteiger partial charge in [0.25, 0.3) is 0 Å². The Balaban J connectivity index is 2.17. The van der Waals surface area contributed by atoms with E-state index in [0.29, 0.717) is 23.1 Å². The summed E-state index contributed by atoms with van der Waals surface area (Å²) in [5.74, 6) is -1.03. The highest BCUT2D eigenvalue weighted by atomic mass is 32.2. The number of amidine groups is 1. The lowest BCUT2D eigenvalue weighted by Gasteiger charge is -2.14. The van der Waals surface area contributed by atoms with Gasteiger partial charge in [0.1, 0.15) is 0 Å². The third kappa shape index (κ3) is 4.87. The first-order valence-corrected chi connectivity index (χ1v) is 8.37. The second-order valence-corrected chi connectivity index (χ2v) is 5.70. The molecule has 0 bridgehead atoms. The van der Waals surface area contributed by atoms with E-state index in [-0.39, 0.29) is 11.7 Å². The number of nitriles is 1. The number of carboxylic acid groups (broad SMARTS) is 1. The second-order valence-electron chi connectivity index (χ2n) is 4.91. The topological polar surface area (TPSA) is 107 Å². The van der Waals surface area contributed by atoms with Crippen LogP contribution in [0.1, 0.15) is 23.2 Å². The zero-order valence-corrected chi connectivity index (χ0v) is 13.5. The second kappa shape index (κ2) is 8.41. The number of hydrogen-bond acceptors (Lipinski definition) is 6. The predicted molar refractivity (Wildman–Crippen MR) is 90.2 cm³/mol. The van der Waals surface area contributed by atoms with E-state index in [1.165, 1.54) is 17.8 Å². The first kappa shape index (κ1) is 17.1. The van der Waals surface area contributed by atoms with E-state index in [1.54, 1.807) is 24.6 Å². The first-order chi connectivity index (χ1) is 11.1. The number of carbonyl (C=O) groups is 1. The SMILES string of the molecule is CSC(=Nc1ccc(NCC2CCCO2)c(C(=O)O)c1)NC#N. The average molecular weight is 334 g/mol. The number of aromatic carboxylic acids is 1. The Morgan fingerprint density at radius 3 is 3.04 bits per heavy atom. The lowest BCUT2D eigenvalue weighted by atomic mass is 10.1. The molecule has 1 aliphatic rings. The predicted octanol–water partition coefficient (Wildman–Crippen LogP) is 2.40. The minimum atomic E-state index is -1.03. The standard InChI is InChI=1S/C15H18N4O3S/c1-23-15(18-9-16)19-10-4-5-13(12(7-10)14(20)21)17-8-11-3-2-6-22-11/h4-5,7,11,17H,2-3,6,8H2,1H3,(H,18,19)(H,20,21). The van der Waals surface area contributed by atoms with Crippen molar-refractivity contribution < 1.29 is 14.6 Å². The van der Waals surface area contributed by atoms with Crippen LogP contribution < -0.4 is 10.6 Å². The van der Waals surface area contributed by atoms with Crippen LogP contribution in [0.2, 0.25) is 0 Å². The highest BCUT2D eigenvalue weighted by molar-refractivity contribution is 8.13. The summed E-state index contributed by atoms with van der Waals surface area (Å²) in [6.45, 7) is 1.34. The molecule has 0 amide bonds. The fraction of sp³-hybridized carbons (Fsp3) is 0.400. The summed E-state index contributed by atoms with van der Waals surface area (Å²) >= 11 is 1.27. The number of hydrogen-bond donors (Lipinski definition) is 3. The van der Waals surface area contributed by atoms with Crippen LogP contribution in [-0.2, 0) is 4.74 Å². The molecule has 0 radical (unpaired) electrons. The summed E-state index contributed by atoms with van der Waals surface area (Å²) < 4.78 is 5.52. The Hall–Kier alpha value is -2.24. The third-order valence-electron chi connectivity index (χ3n) is 3.36. The monoisotopic (exact) mass is 334 g/mol. The van der Waals surface area contributed by atoms with Gasteiger partial charge in [-0.3, -0.25) is 5.32 Å². The van der Waals surface area contributed by atoms with Crippen molar-refractivity contribution in [2.45, 2.75) is 18.9 Å². The highest BCUT2D eigenvalue weighted by Crippen LogP contribution is 2.24. The molecule has 0 aromatic heterocycles. The molecule has 1 aliphatic heterocycles. The molecule has 8 heteroatoms. The lowest BCUT2D eigenvalue weighted by Crippen LogP contribution is -2.19. The number of rotatable bonds is 5. The maximum atomic E-state index is 11.5. The van der Waals surface area contributed by atoms with Gasteiger partial charge in [0, 0.05) is 18.8 Å². The van der Waals surface area contributed by atoms with E-state index in [9.17, 15) is 9.90 Å². The molecule has 1 fully saturated rings. The van der Waals surface area contributed by atoms with Crippen LogP contribution in [0, 0.1) is 11.5 Å². The summed E-state index contributed by atoms with van der Waals surface area (Å²) in [4.78, 5) is 15.7. The van der Waals surface area contributed by atoms with Gasteiger partial charge < -0.3 is 15.2 Å². The van der Waals surface area contributed by atoms with Crippen molar-refractivity contribution in [3.05, 3.63) is 23.8 Å². The Labute approximate surface area is 138 Å². The van der Waals surface area contributed by atoms with Crippen LogP contribution in [0.5, 0.6) is 0 Å². The summed E-state index contributed by atoms with van der Waals surface area (Å²) in [5.41, 5.74) is 1.14. The van der Waals surface area contributed by atoms with Gasteiger partial charge in [0.05, 0.1) is 17.4 Å². The summed E-state index contributed by atoms with van der Waals surface area (Å²) in [5, 5.41) is 24.0. The van der Waals surface area contributed by atoms with Crippen molar-refractivity contribution in [3.63, 3.8) is 0 Å². The number of aliphatic imine (C=N–C) groups is 1. The first-order valence-electron chi connectivity index (χ1n) is 7.14. The van der Waals surface area contributed by atoms with Crippen molar-refractivity contribution in [3.8, 4) is 6.19 Å². The quantitative estimate of drug-likeness (QED) is 0.328. The molecule has 122 valence electrons. The Bertz CT molecular complexity index is 636. The Morgan fingerprint density at radius 1 is 1.61 bits per heavy atom. The smallest absolute Gasteiger partial charge is 0.337 e. The number of ether oxygens (including phenoxy) is 1. The number of nitrogens with zero attached hydrogens (tertiary/aromatic N) is 2. The van der Waals surface area contributed by atoms with Gasteiger partial charge in [0.2, 0.25) is 0 Å². The van der Waals surface area contributed by atoms with Crippen molar-refractivity contribution >= 4 is 34.3 Å². The van der Waals surface area contributed by atoms with Crippen LogP contribution in [0.15, 0.2) is 23.2 Å². The van der Waals surface area contributed by atoms with E-state index >= 15 is 0 Å². The lowest BCUT2D eigenvalue weighted by molar-refractivity contribution is 0.0697. The van der Waals surface area contributed by atoms with Crippen LogP contribution >= 0.6 is 11.8 Å². The molecule has 1 aromatic rings. The fourth-order valence-electron chi connectivity index (χ4n) is 2.25. The number of anilines is 1. The fourth-order valence-corrected chi connectivity index (χ4v) is 2.60. The Morgan fingerprint density at radius 2 is 2.43 bits per heavy atom. The van der Waals surface area contributed by atoms with Crippen molar-refractivity contribution in [1.29, 1.82) is 5.26 Å². The van der Waals surface area contributed by atoms with Crippen LogP contribution in [0.25, 0.3) is 0 Å². The van der Waals surface area contributed by atoms with Gasteiger partial charge in [-0.1, -0.05) is 11.8 Å². The zero-order chi connectivity index (χ0) is 16.7. The largest absolute Gasteiger partial charge is 0.478 e. The van der Waals surface area contributed by atoms with Crippen LogP contribution in [-0.4, -0.2) is 41.8 Å². The van der Waals surface area contributed by atoms with Gasteiger partial charge in [-0.2, -0.15) is 5.26 Å². The maximum absolute atomic E-state index is 11.5. The molecule has 1 saturated heterocycles. The summed E-state index contributed by atoms with van der Waals surface area (Å²) in [6.07, 6.45) is 5.71. The molecule has 1 atom stereocenters.